The lowest BCUT2D eigenvalue weighted by Gasteiger charge is -2.43. The van der Waals surface area contributed by atoms with E-state index in [1.54, 1.807) is 48.5 Å². The van der Waals surface area contributed by atoms with E-state index in [-0.39, 0.29) is 18.7 Å². The van der Waals surface area contributed by atoms with Gasteiger partial charge in [-0.15, -0.1) is 0 Å². The summed E-state index contributed by atoms with van der Waals surface area (Å²) in [5.74, 6) is -0.963. The van der Waals surface area contributed by atoms with E-state index in [0.29, 0.717) is 54.3 Å². The number of carbonyl (C=O) groups is 1. The number of fused-ring (bicyclic) bond motifs is 1. The fourth-order valence-electron chi connectivity index (χ4n) is 6.54. The number of halogens is 5. The Morgan fingerprint density at radius 1 is 0.878 bits per heavy atom. The Kier molecular flexibility index (Phi) is 8.77. The summed E-state index contributed by atoms with van der Waals surface area (Å²) in [6, 6.07) is 30.3. The molecule has 0 saturated carbocycles. The summed E-state index contributed by atoms with van der Waals surface area (Å²) in [7, 11) is 3.16. The van der Waals surface area contributed by atoms with Crippen LogP contribution in [-0.2, 0) is 10.4 Å². The van der Waals surface area contributed by atoms with E-state index in [9.17, 15) is 13.6 Å². The molecule has 2 heterocycles. The third-order valence-corrected chi connectivity index (χ3v) is 10.1. The SMILES string of the molecule is COC(=O)c1ccc(-c2cccc(-c3c(-c4ccccc4C4(F)CN(C)C4)c4cc(F)ccc4n3Sc3ccc(C(F)F)cc3)c2)c(Cl)c1. The predicted octanol–water partition coefficient (Wildman–Crippen LogP) is 10.8. The van der Waals surface area contributed by atoms with Crippen molar-refractivity contribution in [1.29, 1.82) is 0 Å². The monoisotopic (exact) mass is 700 g/mol. The number of nitrogens with zero attached hydrogens (tertiary/aromatic N) is 2. The first kappa shape index (κ1) is 33.0. The largest absolute Gasteiger partial charge is 0.465 e. The van der Waals surface area contributed by atoms with Crippen molar-refractivity contribution in [2.75, 3.05) is 27.2 Å². The van der Waals surface area contributed by atoms with Crippen LogP contribution < -0.4 is 0 Å². The van der Waals surface area contributed by atoms with Gasteiger partial charge in [0.15, 0.2) is 5.67 Å². The van der Waals surface area contributed by atoms with Gasteiger partial charge in [0.2, 0.25) is 0 Å². The summed E-state index contributed by atoms with van der Waals surface area (Å²) >= 11 is 7.99. The number of esters is 1. The fraction of sp³-hybridized carbons (Fsp3) is 0.154. The van der Waals surface area contributed by atoms with Crippen molar-refractivity contribution in [3.63, 3.8) is 0 Å². The Hall–Kier alpha value is -4.57. The van der Waals surface area contributed by atoms with Crippen molar-refractivity contribution in [3.8, 4) is 33.5 Å². The highest BCUT2D eigenvalue weighted by atomic mass is 35.5. The molecule has 0 bridgehead atoms. The van der Waals surface area contributed by atoms with Gasteiger partial charge in [0.25, 0.3) is 6.43 Å². The van der Waals surface area contributed by atoms with E-state index < -0.39 is 23.9 Å². The van der Waals surface area contributed by atoms with E-state index in [2.05, 4.69) is 0 Å². The molecular weight excluding hydrogens is 672 g/mol. The lowest BCUT2D eigenvalue weighted by molar-refractivity contribution is -0.0190. The number of rotatable bonds is 8. The van der Waals surface area contributed by atoms with Crippen molar-refractivity contribution in [2.24, 2.45) is 0 Å². The van der Waals surface area contributed by atoms with Gasteiger partial charge in [0, 0.05) is 50.6 Å². The minimum Gasteiger partial charge on any atom is -0.465 e. The zero-order valence-corrected chi connectivity index (χ0v) is 28.0. The normalized spacial score (nSPS) is 14.3. The highest BCUT2D eigenvalue weighted by Crippen LogP contribution is 2.49. The number of likely N-dealkylation sites (N-methyl/N-ethyl adjacent to an activating group) is 1. The summed E-state index contributed by atoms with van der Waals surface area (Å²) in [6.45, 7) is 0.431. The molecule has 0 spiro atoms. The van der Waals surface area contributed by atoms with Crippen molar-refractivity contribution < 1.29 is 27.1 Å². The third-order valence-electron chi connectivity index (χ3n) is 8.77. The first-order chi connectivity index (χ1) is 23.6. The zero-order valence-electron chi connectivity index (χ0n) is 26.4. The van der Waals surface area contributed by atoms with Gasteiger partial charge in [-0.1, -0.05) is 72.3 Å². The number of ether oxygens (including phenoxy) is 1. The van der Waals surface area contributed by atoms with Crippen LogP contribution in [0.2, 0.25) is 5.02 Å². The number of likely N-dealkylation sites (tertiary alicyclic amines) is 1. The molecule has 7 rings (SSSR count). The van der Waals surface area contributed by atoms with Crippen LogP contribution in [0.1, 0.15) is 27.9 Å². The number of methoxy groups -OCH3 is 1. The molecule has 248 valence electrons. The Bertz CT molecular complexity index is 2210. The average molecular weight is 701 g/mol. The number of alkyl halides is 3. The Morgan fingerprint density at radius 2 is 1.61 bits per heavy atom. The zero-order chi connectivity index (χ0) is 34.4. The molecule has 49 heavy (non-hydrogen) atoms. The topological polar surface area (TPSA) is 34.5 Å². The number of hydrogen-bond donors (Lipinski definition) is 0. The first-order valence-electron chi connectivity index (χ1n) is 15.4. The number of aromatic nitrogens is 1. The van der Waals surface area contributed by atoms with E-state index in [1.807, 2.05) is 52.3 Å². The molecule has 0 unspecified atom stereocenters. The summed E-state index contributed by atoms with van der Waals surface area (Å²) < 4.78 is 65.2. The van der Waals surface area contributed by atoms with Crippen molar-refractivity contribution >= 4 is 40.4 Å². The van der Waals surface area contributed by atoms with E-state index >= 15 is 8.78 Å². The lowest BCUT2D eigenvalue weighted by atomic mass is 9.82. The molecule has 4 nitrogen and oxygen atoms in total. The molecule has 1 fully saturated rings. The second-order valence-corrected chi connectivity index (χ2v) is 13.5. The quantitative estimate of drug-likeness (QED) is 0.117. The van der Waals surface area contributed by atoms with E-state index in [4.69, 9.17) is 16.3 Å². The first-order valence-corrected chi connectivity index (χ1v) is 16.6. The highest BCUT2D eigenvalue weighted by Gasteiger charge is 2.45. The molecule has 0 N–H and O–H groups in total. The Morgan fingerprint density at radius 3 is 2.31 bits per heavy atom. The van der Waals surface area contributed by atoms with Crippen molar-refractivity contribution in [1.82, 2.24) is 8.87 Å². The minimum atomic E-state index is -2.61. The maximum absolute atomic E-state index is 16.5. The minimum absolute atomic E-state index is 0.0971. The van der Waals surface area contributed by atoms with E-state index in [1.165, 1.54) is 43.3 Å². The summed E-state index contributed by atoms with van der Waals surface area (Å²) in [5.41, 5.74) is 3.83. The van der Waals surface area contributed by atoms with Crippen LogP contribution >= 0.6 is 23.5 Å². The maximum atomic E-state index is 16.5. The van der Waals surface area contributed by atoms with Gasteiger partial charge in [-0.3, -0.25) is 8.87 Å². The Balaban J connectivity index is 1.49. The van der Waals surface area contributed by atoms with Gasteiger partial charge in [-0.25, -0.2) is 22.4 Å². The number of benzene rings is 5. The lowest BCUT2D eigenvalue weighted by Crippen LogP contribution is -2.54. The molecule has 1 aliphatic heterocycles. The standard InChI is InChI=1S/C39H29ClF4N2O2S/c1-45-21-39(44,22-45)32-9-4-3-8-30(32)35-31-20-27(41)13-17-34(31)46(49-28-14-10-23(11-15-28)37(42)43)36(35)25-7-5-6-24(18-25)29-16-12-26(19-33(29)40)38(47)48-2/h3-20,37H,21-22H2,1-2H3. The summed E-state index contributed by atoms with van der Waals surface area (Å²) in [6.07, 6.45) is -2.61. The number of carbonyl (C=O) groups excluding carboxylic acids is 1. The molecule has 1 aromatic heterocycles. The molecule has 1 aliphatic rings. The maximum Gasteiger partial charge on any atom is 0.337 e. The average Bonchev–Trinajstić information content (AvgIpc) is 3.40. The van der Waals surface area contributed by atoms with Crippen LogP contribution in [0.15, 0.2) is 114 Å². The number of hydrogen-bond acceptors (Lipinski definition) is 4. The smallest absolute Gasteiger partial charge is 0.337 e. The highest BCUT2D eigenvalue weighted by molar-refractivity contribution is 7.98. The molecule has 5 aromatic carbocycles. The second kappa shape index (κ2) is 13.0. The Labute approximate surface area is 290 Å². The predicted molar refractivity (Wildman–Crippen MR) is 187 cm³/mol. The van der Waals surface area contributed by atoms with Gasteiger partial charge < -0.3 is 4.74 Å². The molecule has 0 radical (unpaired) electrons. The summed E-state index contributed by atoms with van der Waals surface area (Å²) in [4.78, 5) is 14.7. The van der Waals surface area contributed by atoms with Crippen molar-refractivity contribution in [2.45, 2.75) is 17.0 Å². The third kappa shape index (κ3) is 6.11. The fourth-order valence-corrected chi connectivity index (χ4v) is 7.85. The van der Waals surface area contributed by atoms with Gasteiger partial charge in [-0.2, -0.15) is 0 Å². The van der Waals surface area contributed by atoms with Gasteiger partial charge in [-0.05, 0) is 84.2 Å². The van der Waals surface area contributed by atoms with Crippen LogP contribution in [-0.4, -0.2) is 42.1 Å². The molecule has 10 heteroatoms. The van der Waals surface area contributed by atoms with Gasteiger partial charge in [0.1, 0.15) is 5.82 Å². The molecule has 0 atom stereocenters. The summed E-state index contributed by atoms with van der Waals surface area (Å²) in [5, 5.41) is 0.913. The van der Waals surface area contributed by atoms with Gasteiger partial charge in [0.05, 0.1) is 23.9 Å². The molecule has 0 aliphatic carbocycles. The van der Waals surface area contributed by atoms with Crippen LogP contribution in [0, 0.1) is 5.82 Å². The molecule has 0 amide bonds. The van der Waals surface area contributed by atoms with Crippen LogP contribution in [0.5, 0.6) is 0 Å². The van der Waals surface area contributed by atoms with Gasteiger partial charge >= 0.3 is 5.97 Å². The van der Waals surface area contributed by atoms with Crippen molar-refractivity contribution in [3.05, 3.63) is 137 Å². The molecular formula is C39H29ClF4N2O2S. The van der Waals surface area contributed by atoms with Crippen LogP contribution in [0.3, 0.4) is 0 Å². The van der Waals surface area contributed by atoms with Crippen LogP contribution in [0.25, 0.3) is 44.4 Å². The second-order valence-electron chi connectivity index (χ2n) is 12.1. The van der Waals surface area contributed by atoms with E-state index in [0.717, 1.165) is 11.1 Å². The molecule has 6 aromatic rings. The molecule has 1 saturated heterocycles. The van der Waals surface area contributed by atoms with Crippen LogP contribution in [0.4, 0.5) is 17.6 Å².